The molecule has 1 amide bonds. The topological polar surface area (TPSA) is 54.4 Å². The molecule has 9 heteroatoms. The molecule has 1 aromatic rings. The lowest BCUT2D eigenvalue weighted by Crippen LogP contribution is -2.47. The average Bonchev–Trinajstić information content (AvgIpc) is 2.63. The highest BCUT2D eigenvalue weighted by Crippen LogP contribution is 2.34. The van der Waals surface area contributed by atoms with Gasteiger partial charge in [0.05, 0.1) is 18.1 Å². The van der Waals surface area contributed by atoms with Gasteiger partial charge in [0, 0.05) is 5.56 Å². The van der Waals surface area contributed by atoms with Crippen molar-refractivity contribution in [2.45, 2.75) is 44.7 Å². The Labute approximate surface area is 162 Å². The summed E-state index contributed by atoms with van der Waals surface area (Å²) in [4.78, 5) is 14.5. The highest BCUT2D eigenvalue weighted by Gasteiger charge is 2.34. The minimum absolute atomic E-state index is 0.0407. The minimum atomic E-state index is -2.94. The largest absolute Gasteiger partial charge is 0.493 e. The van der Waals surface area contributed by atoms with E-state index < -0.39 is 6.61 Å². The molecule has 0 saturated carbocycles. The predicted octanol–water partition coefficient (Wildman–Crippen LogP) is 4.25. The summed E-state index contributed by atoms with van der Waals surface area (Å²) < 4.78 is 34.8. The molecule has 2 rings (SSSR count). The van der Waals surface area contributed by atoms with E-state index in [9.17, 15) is 13.6 Å². The van der Waals surface area contributed by atoms with Gasteiger partial charge in [0.2, 0.25) is 0 Å². The quantitative estimate of drug-likeness (QED) is 0.652. The first kappa shape index (κ1) is 21.4. The van der Waals surface area contributed by atoms with Crippen molar-refractivity contribution in [3.05, 3.63) is 23.8 Å². The molecule has 2 atom stereocenters. The average molecular weight is 401 g/mol. The van der Waals surface area contributed by atoms with E-state index >= 15 is 0 Å². The van der Waals surface area contributed by atoms with Crippen LogP contribution in [-0.4, -0.2) is 60.1 Å². The summed E-state index contributed by atoms with van der Waals surface area (Å²) >= 11 is 1.22. The highest BCUT2D eigenvalue weighted by molar-refractivity contribution is 8.14. The second-order valence-corrected chi connectivity index (χ2v) is 7.36. The van der Waals surface area contributed by atoms with Crippen molar-refractivity contribution in [3.63, 3.8) is 0 Å². The molecule has 0 aromatic heterocycles. The van der Waals surface area contributed by atoms with Gasteiger partial charge in [-0.2, -0.15) is 13.9 Å². The van der Waals surface area contributed by atoms with Crippen LogP contribution < -0.4 is 9.47 Å². The Kier molecular flexibility index (Phi) is 7.43. The maximum Gasteiger partial charge on any atom is 0.387 e. The standard InChI is InChI=1S/C18H25F2N3O3S/c1-6-14-16(21-23(18(24)27-14)15(7-2)22(3)4)11-8-9-12(26-17(19)20)13(10-11)25-5/h8-10,14-15,17H,6-7H2,1-5H3. The van der Waals surface area contributed by atoms with Crippen LogP contribution in [0.4, 0.5) is 13.6 Å². The van der Waals surface area contributed by atoms with Crippen molar-refractivity contribution in [2.75, 3.05) is 21.2 Å². The lowest BCUT2D eigenvalue weighted by atomic mass is 10.0. The van der Waals surface area contributed by atoms with Crippen molar-refractivity contribution < 1.29 is 23.0 Å². The van der Waals surface area contributed by atoms with E-state index in [1.165, 1.54) is 29.9 Å². The Morgan fingerprint density at radius 1 is 1.30 bits per heavy atom. The number of amides is 1. The molecule has 0 radical (unpaired) electrons. The van der Waals surface area contributed by atoms with E-state index in [0.717, 1.165) is 6.42 Å². The molecule has 27 heavy (non-hydrogen) atoms. The van der Waals surface area contributed by atoms with Crippen molar-refractivity contribution in [2.24, 2.45) is 5.10 Å². The van der Waals surface area contributed by atoms with Crippen LogP contribution in [0.25, 0.3) is 0 Å². The third kappa shape index (κ3) is 4.90. The zero-order valence-electron chi connectivity index (χ0n) is 16.1. The molecule has 150 valence electrons. The van der Waals surface area contributed by atoms with E-state index in [4.69, 9.17) is 4.74 Å². The fraction of sp³-hybridized carbons (Fsp3) is 0.556. The number of nitrogens with zero attached hydrogens (tertiary/aromatic N) is 3. The SMILES string of the molecule is CCC1SC(=O)N(C(CC)N(C)C)N=C1c1ccc(OC(F)F)c(OC)c1. The monoisotopic (exact) mass is 401 g/mol. The molecule has 0 bridgehead atoms. The lowest BCUT2D eigenvalue weighted by Gasteiger charge is -2.36. The molecule has 0 aliphatic carbocycles. The number of alkyl halides is 2. The van der Waals surface area contributed by atoms with Gasteiger partial charge in [-0.15, -0.1) is 0 Å². The van der Waals surface area contributed by atoms with Crippen LogP contribution in [0.1, 0.15) is 32.3 Å². The highest BCUT2D eigenvalue weighted by atomic mass is 32.2. The molecule has 1 aliphatic heterocycles. The second kappa shape index (κ2) is 9.36. The number of rotatable bonds is 8. The van der Waals surface area contributed by atoms with E-state index in [-0.39, 0.29) is 28.2 Å². The normalized spacial score (nSPS) is 18.7. The fourth-order valence-electron chi connectivity index (χ4n) is 2.94. The summed E-state index contributed by atoms with van der Waals surface area (Å²) in [5, 5.41) is 5.90. The molecule has 0 saturated heterocycles. The number of methoxy groups -OCH3 is 1. The third-order valence-electron chi connectivity index (χ3n) is 4.24. The molecule has 1 heterocycles. The number of hydrogen-bond donors (Lipinski definition) is 0. The number of carbonyl (C=O) groups is 1. The van der Waals surface area contributed by atoms with Crippen molar-refractivity contribution in [1.82, 2.24) is 9.91 Å². The Morgan fingerprint density at radius 2 is 2.00 bits per heavy atom. The zero-order valence-corrected chi connectivity index (χ0v) is 16.9. The molecule has 1 aliphatic rings. The van der Waals surface area contributed by atoms with Crippen LogP contribution >= 0.6 is 11.8 Å². The maximum absolute atomic E-state index is 12.6. The van der Waals surface area contributed by atoms with Gasteiger partial charge in [-0.05, 0) is 45.1 Å². The van der Waals surface area contributed by atoms with Gasteiger partial charge >= 0.3 is 11.9 Å². The summed E-state index contributed by atoms with van der Waals surface area (Å²) in [7, 11) is 5.18. The molecule has 0 spiro atoms. The maximum atomic E-state index is 12.6. The number of hydrazone groups is 1. The van der Waals surface area contributed by atoms with Crippen LogP contribution in [0.15, 0.2) is 23.3 Å². The number of carbonyl (C=O) groups excluding carboxylic acids is 1. The van der Waals surface area contributed by atoms with E-state index in [0.29, 0.717) is 17.7 Å². The first-order chi connectivity index (χ1) is 12.8. The summed E-state index contributed by atoms with van der Waals surface area (Å²) in [6.07, 6.45) is 1.26. The zero-order chi connectivity index (χ0) is 20.1. The molecule has 2 unspecified atom stereocenters. The Balaban J connectivity index is 2.47. The van der Waals surface area contributed by atoms with Crippen molar-refractivity contribution in [3.8, 4) is 11.5 Å². The molecule has 1 aromatic carbocycles. The van der Waals surface area contributed by atoms with Crippen LogP contribution in [-0.2, 0) is 0 Å². The van der Waals surface area contributed by atoms with E-state index in [1.807, 2.05) is 32.8 Å². The minimum Gasteiger partial charge on any atom is -0.493 e. The number of hydrogen-bond acceptors (Lipinski definition) is 6. The van der Waals surface area contributed by atoms with Gasteiger partial charge in [-0.3, -0.25) is 9.69 Å². The summed E-state index contributed by atoms with van der Waals surface area (Å²) in [6.45, 7) is 1.03. The second-order valence-electron chi connectivity index (χ2n) is 6.21. The lowest BCUT2D eigenvalue weighted by molar-refractivity contribution is -0.0512. The smallest absolute Gasteiger partial charge is 0.387 e. The van der Waals surface area contributed by atoms with Gasteiger partial charge in [-0.25, -0.2) is 5.01 Å². The summed E-state index contributed by atoms with van der Waals surface area (Å²) in [5.41, 5.74) is 1.42. The molecule has 0 N–H and O–H groups in total. The molecule has 0 fully saturated rings. The summed E-state index contributed by atoms with van der Waals surface area (Å²) in [5.74, 6) is 0.152. The first-order valence-electron chi connectivity index (χ1n) is 8.70. The molecular formula is C18H25F2N3O3S. The number of ether oxygens (including phenoxy) is 2. The van der Waals surface area contributed by atoms with Gasteiger partial charge < -0.3 is 9.47 Å². The predicted molar refractivity (Wildman–Crippen MR) is 103 cm³/mol. The van der Waals surface area contributed by atoms with E-state index in [1.54, 1.807) is 12.1 Å². The number of thioether (sulfide) groups is 1. The Bertz CT molecular complexity index is 700. The molecular weight excluding hydrogens is 376 g/mol. The van der Waals surface area contributed by atoms with E-state index in [2.05, 4.69) is 9.84 Å². The van der Waals surface area contributed by atoms with Crippen LogP contribution in [0.3, 0.4) is 0 Å². The van der Waals surface area contributed by atoms with Crippen LogP contribution in [0, 0.1) is 0 Å². The third-order valence-corrected chi connectivity index (χ3v) is 5.47. The Morgan fingerprint density at radius 3 is 2.52 bits per heavy atom. The van der Waals surface area contributed by atoms with Crippen LogP contribution in [0.5, 0.6) is 11.5 Å². The summed E-state index contributed by atoms with van der Waals surface area (Å²) in [6, 6.07) is 4.71. The van der Waals surface area contributed by atoms with Crippen molar-refractivity contribution in [1.29, 1.82) is 0 Å². The van der Waals surface area contributed by atoms with Gasteiger partial charge in [0.25, 0.3) is 0 Å². The van der Waals surface area contributed by atoms with Crippen LogP contribution in [0.2, 0.25) is 0 Å². The van der Waals surface area contributed by atoms with Gasteiger partial charge in [-0.1, -0.05) is 25.6 Å². The first-order valence-corrected chi connectivity index (χ1v) is 9.58. The van der Waals surface area contributed by atoms with Crippen molar-refractivity contribution >= 4 is 22.7 Å². The fourth-order valence-corrected chi connectivity index (χ4v) is 3.91. The number of benzene rings is 1. The Hall–Kier alpha value is -1.87. The number of halogens is 2. The van der Waals surface area contributed by atoms with Gasteiger partial charge in [0.1, 0.15) is 6.17 Å². The van der Waals surface area contributed by atoms with Gasteiger partial charge in [0.15, 0.2) is 11.5 Å². The molecule has 6 nitrogen and oxygen atoms in total.